The summed E-state index contributed by atoms with van der Waals surface area (Å²) in [6.07, 6.45) is 3.42. The molecule has 0 bridgehead atoms. The average molecular weight is 206 g/mol. The number of nitrogen functional groups attached to an aromatic ring is 1. The lowest BCUT2D eigenvalue weighted by molar-refractivity contribution is 0.379. The average Bonchev–Trinajstić information content (AvgIpc) is 2.71. The molecule has 2 rings (SSSR count). The summed E-state index contributed by atoms with van der Waals surface area (Å²) in [6.45, 7) is 0.651. The van der Waals surface area contributed by atoms with Gasteiger partial charge in [-0.3, -0.25) is 0 Å². The van der Waals surface area contributed by atoms with Gasteiger partial charge < -0.3 is 15.6 Å². The Morgan fingerprint density at radius 1 is 1.27 bits per heavy atom. The van der Waals surface area contributed by atoms with Crippen molar-refractivity contribution in [2.45, 2.75) is 6.42 Å². The van der Waals surface area contributed by atoms with E-state index in [1.165, 1.54) is 12.7 Å². The second kappa shape index (κ2) is 4.36. The molecule has 3 N–H and O–H groups in total. The Kier molecular flexibility index (Phi) is 2.72. The smallest absolute Gasteiger partial charge is 0.228 e. The van der Waals surface area contributed by atoms with Crippen molar-refractivity contribution in [3.8, 4) is 0 Å². The van der Waals surface area contributed by atoms with Crippen molar-refractivity contribution in [3.63, 3.8) is 0 Å². The Hall–Kier alpha value is -2.18. The summed E-state index contributed by atoms with van der Waals surface area (Å²) in [4.78, 5) is 11.7. The van der Waals surface area contributed by atoms with Crippen LogP contribution in [0.5, 0.6) is 0 Å². The molecule has 0 aliphatic carbocycles. The summed E-state index contributed by atoms with van der Waals surface area (Å²) in [6, 6.07) is 1.66. The van der Waals surface area contributed by atoms with E-state index in [1.807, 2.05) is 0 Å². The van der Waals surface area contributed by atoms with Gasteiger partial charge in [-0.1, -0.05) is 5.16 Å². The van der Waals surface area contributed by atoms with Gasteiger partial charge in [-0.15, -0.1) is 0 Å². The quantitative estimate of drug-likeness (QED) is 0.730. The number of nitrogens with two attached hydrogens (primary N) is 1. The van der Waals surface area contributed by atoms with Gasteiger partial charge in [-0.2, -0.15) is 4.98 Å². The highest BCUT2D eigenvalue weighted by atomic mass is 16.5. The fraction of sp³-hybridized carbons (Fsp3) is 0.250. The first-order valence-electron chi connectivity index (χ1n) is 4.41. The topological polar surface area (TPSA) is 103 Å². The van der Waals surface area contributed by atoms with E-state index in [4.69, 9.17) is 10.3 Å². The Morgan fingerprint density at radius 2 is 2.20 bits per heavy atom. The maximum absolute atomic E-state index is 5.49. The second-order valence-corrected chi connectivity index (χ2v) is 2.84. The van der Waals surface area contributed by atoms with Gasteiger partial charge in [0.2, 0.25) is 5.89 Å². The molecule has 0 atom stereocenters. The molecule has 0 amide bonds. The Bertz CT molecular complexity index is 415. The maximum atomic E-state index is 5.49. The largest absolute Gasteiger partial charge is 0.384 e. The summed E-state index contributed by atoms with van der Waals surface area (Å²) in [5, 5.41) is 6.57. The monoisotopic (exact) mass is 206 g/mol. The van der Waals surface area contributed by atoms with Gasteiger partial charge in [0, 0.05) is 19.0 Å². The van der Waals surface area contributed by atoms with Crippen LogP contribution < -0.4 is 11.1 Å². The molecule has 7 heteroatoms. The Labute approximate surface area is 85.7 Å². The van der Waals surface area contributed by atoms with Crippen molar-refractivity contribution in [3.05, 3.63) is 24.6 Å². The first-order chi connectivity index (χ1) is 7.34. The highest BCUT2D eigenvalue weighted by molar-refractivity contribution is 5.43. The van der Waals surface area contributed by atoms with Gasteiger partial charge in [-0.05, 0) is 0 Å². The third-order valence-electron chi connectivity index (χ3n) is 1.74. The molecule has 0 aliphatic heterocycles. The zero-order valence-corrected chi connectivity index (χ0v) is 7.92. The van der Waals surface area contributed by atoms with Crippen LogP contribution in [-0.2, 0) is 6.42 Å². The van der Waals surface area contributed by atoms with E-state index in [0.717, 1.165) is 0 Å². The molecule has 0 unspecified atom stereocenters. The van der Waals surface area contributed by atoms with Gasteiger partial charge in [0.25, 0.3) is 0 Å². The minimum Gasteiger partial charge on any atom is -0.384 e. The van der Waals surface area contributed by atoms with Crippen LogP contribution in [0.15, 0.2) is 23.2 Å². The zero-order chi connectivity index (χ0) is 10.5. The molecule has 78 valence electrons. The van der Waals surface area contributed by atoms with Gasteiger partial charge in [-0.25, -0.2) is 9.97 Å². The fourth-order valence-electron chi connectivity index (χ4n) is 1.07. The van der Waals surface area contributed by atoms with Crippen LogP contribution >= 0.6 is 0 Å². The summed E-state index contributed by atoms with van der Waals surface area (Å²) in [5.74, 6) is 1.71. The van der Waals surface area contributed by atoms with Crippen LogP contribution in [0.3, 0.4) is 0 Å². The minimum absolute atomic E-state index is 0.435. The van der Waals surface area contributed by atoms with Crippen molar-refractivity contribution in [2.75, 3.05) is 17.6 Å². The Morgan fingerprint density at radius 3 is 2.93 bits per heavy atom. The molecule has 0 spiro atoms. The summed E-state index contributed by atoms with van der Waals surface area (Å²) in [5.41, 5.74) is 5.49. The van der Waals surface area contributed by atoms with Gasteiger partial charge >= 0.3 is 0 Å². The molecule has 0 radical (unpaired) electrons. The molecule has 0 saturated carbocycles. The van der Waals surface area contributed by atoms with Crippen molar-refractivity contribution < 1.29 is 4.52 Å². The summed E-state index contributed by atoms with van der Waals surface area (Å²) in [7, 11) is 0. The van der Waals surface area contributed by atoms with Crippen molar-refractivity contribution in [1.82, 2.24) is 20.1 Å². The lowest BCUT2D eigenvalue weighted by Crippen LogP contribution is -2.07. The molecule has 2 heterocycles. The first-order valence-corrected chi connectivity index (χ1v) is 4.41. The number of nitrogens with zero attached hydrogens (tertiary/aromatic N) is 4. The van der Waals surface area contributed by atoms with Gasteiger partial charge in [0.15, 0.2) is 6.33 Å². The van der Waals surface area contributed by atoms with E-state index < -0.39 is 0 Å². The molecule has 0 saturated heterocycles. The fourth-order valence-corrected chi connectivity index (χ4v) is 1.07. The lowest BCUT2D eigenvalue weighted by Gasteiger charge is -2.02. The molecular weight excluding hydrogens is 196 g/mol. The second-order valence-electron chi connectivity index (χ2n) is 2.84. The molecule has 2 aromatic heterocycles. The molecule has 0 aliphatic rings. The van der Waals surface area contributed by atoms with Crippen LogP contribution in [0.2, 0.25) is 0 Å². The van der Waals surface area contributed by atoms with Crippen LogP contribution in [-0.4, -0.2) is 26.7 Å². The number of hydrogen-bond donors (Lipinski definition) is 2. The number of rotatable bonds is 4. The number of aromatic nitrogens is 4. The third-order valence-corrected chi connectivity index (χ3v) is 1.74. The van der Waals surface area contributed by atoms with E-state index >= 15 is 0 Å². The number of nitrogens with one attached hydrogen (secondary N) is 1. The van der Waals surface area contributed by atoms with E-state index in [2.05, 4.69) is 25.4 Å². The summed E-state index contributed by atoms with van der Waals surface area (Å²) < 4.78 is 4.84. The molecule has 7 nitrogen and oxygen atoms in total. The van der Waals surface area contributed by atoms with E-state index in [0.29, 0.717) is 30.5 Å². The van der Waals surface area contributed by atoms with Crippen LogP contribution in [0.25, 0.3) is 0 Å². The van der Waals surface area contributed by atoms with Crippen molar-refractivity contribution in [2.24, 2.45) is 0 Å². The normalized spacial score (nSPS) is 10.1. The molecule has 0 aromatic carbocycles. The van der Waals surface area contributed by atoms with E-state index in [-0.39, 0.29) is 0 Å². The third kappa shape index (κ3) is 2.63. The highest BCUT2D eigenvalue weighted by Crippen LogP contribution is 2.04. The molecule has 0 fully saturated rings. The molecule has 15 heavy (non-hydrogen) atoms. The number of anilines is 2. The van der Waals surface area contributed by atoms with Crippen LogP contribution in [0.1, 0.15) is 5.89 Å². The molecule has 2 aromatic rings. The van der Waals surface area contributed by atoms with Gasteiger partial charge in [0.05, 0.1) is 0 Å². The van der Waals surface area contributed by atoms with E-state index in [1.54, 1.807) is 6.07 Å². The lowest BCUT2D eigenvalue weighted by atomic mass is 10.4. The predicted molar refractivity (Wildman–Crippen MR) is 52.9 cm³/mol. The van der Waals surface area contributed by atoms with Crippen molar-refractivity contribution in [1.29, 1.82) is 0 Å². The summed E-state index contributed by atoms with van der Waals surface area (Å²) >= 11 is 0. The van der Waals surface area contributed by atoms with Crippen molar-refractivity contribution >= 4 is 11.6 Å². The SMILES string of the molecule is Nc1cc(NCCc2ncno2)ncn1. The minimum atomic E-state index is 0.435. The molecular formula is C8H10N6O. The maximum Gasteiger partial charge on any atom is 0.228 e. The predicted octanol–water partition coefficient (Wildman–Crippen LogP) is 0.0964. The van der Waals surface area contributed by atoms with Crippen LogP contribution in [0, 0.1) is 0 Å². The zero-order valence-electron chi connectivity index (χ0n) is 7.92. The highest BCUT2D eigenvalue weighted by Gasteiger charge is 1.99. The Balaban J connectivity index is 1.83. The standard InChI is InChI=1S/C8H10N6O/c9-6-3-7(12-4-11-6)10-2-1-8-13-5-14-15-8/h3-5H,1-2H2,(H3,9,10,11,12). The first kappa shape index (κ1) is 9.38. The number of hydrogen-bond acceptors (Lipinski definition) is 7. The van der Waals surface area contributed by atoms with E-state index in [9.17, 15) is 0 Å². The van der Waals surface area contributed by atoms with Gasteiger partial charge in [0.1, 0.15) is 18.0 Å². The van der Waals surface area contributed by atoms with Crippen LogP contribution in [0.4, 0.5) is 11.6 Å².